The van der Waals surface area contributed by atoms with E-state index in [1.165, 1.54) is 17.0 Å². The normalized spacial score (nSPS) is 10.9. The van der Waals surface area contributed by atoms with E-state index in [9.17, 15) is 14.4 Å². The number of aromatic nitrogens is 2. The lowest BCUT2D eigenvalue weighted by Crippen LogP contribution is -2.41. The van der Waals surface area contributed by atoms with E-state index in [-0.39, 0.29) is 12.5 Å². The van der Waals surface area contributed by atoms with Gasteiger partial charge < -0.3 is 5.32 Å². The van der Waals surface area contributed by atoms with Crippen LogP contribution in [0.5, 0.6) is 0 Å². The highest BCUT2D eigenvalue weighted by Gasteiger charge is 2.12. The first-order valence-corrected chi connectivity index (χ1v) is 9.61. The molecule has 0 atom stereocenters. The Morgan fingerprint density at radius 2 is 1.67 bits per heavy atom. The number of hydrogen-bond acceptors (Lipinski definition) is 3. The molecule has 1 N–H and O–H groups in total. The Bertz CT molecular complexity index is 1380. The van der Waals surface area contributed by atoms with Crippen LogP contribution in [0, 0.1) is 13.8 Å². The Kier molecular flexibility index (Phi) is 5.06. The molecule has 0 radical (unpaired) electrons. The van der Waals surface area contributed by atoms with Crippen molar-refractivity contribution in [2.45, 2.75) is 20.4 Å². The predicted octanol–water partition coefficient (Wildman–Crippen LogP) is 3.41. The summed E-state index contributed by atoms with van der Waals surface area (Å²) in [4.78, 5) is 37.9. The van der Waals surface area contributed by atoms with Crippen molar-refractivity contribution in [1.82, 2.24) is 9.13 Å². The fourth-order valence-electron chi connectivity index (χ4n) is 3.46. The van der Waals surface area contributed by atoms with Crippen LogP contribution in [0.4, 0.5) is 5.69 Å². The molecule has 0 saturated heterocycles. The van der Waals surface area contributed by atoms with E-state index in [0.29, 0.717) is 11.4 Å². The van der Waals surface area contributed by atoms with Crippen molar-refractivity contribution in [2.75, 3.05) is 5.32 Å². The maximum absolute atomic E-state index is 12.8. The lowest BCUT2D eigenvalue weighted by molar-refractivity contribution is -0.116. The van der Waals surface area contributed by atoms with E-state index in [1.54, 1.807) is 6.07 Å². The highest BCUT2D eigenvalue weighted by molar-refractivity contribution is 5.91. The van der Waals surface area contributed by atoms with Crippen LogP contribution >= 0.6 is 0 Å². The highest BCUT2D eigenvalue weighted by atomic mass is 16.2. The number of carbonyl (C=O) groups is 1. The summed E-state index contributed by atoms with van der Waals surface area (Å²) in [7, 11) is 0. The van der Waals surface area contributed by atoms with Crippen molar-refractivity contribution in [1.29, 1.82) is 0 Å². The maximum Gasteiger partial charge on any atom is 0.321 e. The van der Waals surface area contributed by atoms with E-state index < -0.39 is 11.1 Å². The number of amides is 1. The van der Waals surface area contributed by atoms with Crippen LogP contribution in [-0.2, 0) is 11.3 Å². The lowest BCUT2D eigenvalue weighted by atomic mass is 10.1. The van der Waals surface area contributed by atoms with Gasteiger partial charge in [-0.25, -0.2) is 0 Å². The van der Waals surface area contributed by atoms with Crippen LogP contribution in [0.2, 0.25) is 0 Å². The van der Waals surface area contributed by atoms with Gasteiger partial charge in [-0.05, 0) is 42.5 Å². The van der Waals surface area contributed by atoms with Gasteiger partial charge in [0, 0.05) is 23.5 Å². The maximum atomic E-state index is 12.8. The minimum Gasteiger partial charge on any atom is -0.324 e. The van der Waals surface area contributed by atoms with Gasteiger partial charge in [-0.2, -0.15) is 0 Å². The molecular weight excluding hydrogens is 378 g/mol. The monoisotopic (exact) mass is 399 g/mol. The third-order valence-electron chi connectivity index (χ3n) is 5.07. The van der Waals surface area contributed by atoms with Gasteiger partial charge in [0.1, 0.15) is 6.54 Å². The van der Waals surface area contributed by atoms with Gasteiger partial charge in [0.25, 0.3) is 0 Å². The molecule has 1 heterocycles. The second-order valence-electron chi connectivity index (χ2n) is 7.27. The van der Waals surface area contributed by atoms with Crippen LogP contribution in [0.1, 0.15) is 11.1 Å². The Morgan fingerprint density at radius 3 is 2.50 bits per heavy atom. The standard InChI is InChI=1S/C24H21N3O3/c1-16-10-11-17(2)20(14-16)25-22(28)15-26-12-13-27(24(30)23(26)29)21-9-5-7-18-6-3-4-8-19(18)21/h3-14H,15H2,1-2H3,(H,25,28). The predicted molar refractivity (Wildman–Crippen MR) is 118 cm³/mol. The summed E-state index contributed by atoms with van der Waals surface area (Å²) in [5, 5.41) is 4.65. The fourth-order valence-corrected chi connectivity index (χ4v) is 3.46. The second-order valence-corrected chi connectivity index (χ2v) is 7.27. The molecule has 0 aliphatic heterocycles. The summed E-state index contributed by atoms with van der Waals surface area (Å²) in [6.07, 6.45) is 2.99. The fraction of sp³-hybridized carbons (Fsp3) is 0.125. The molecular formula is C24H21N3O3. The molecule has 6 heteroatoms. The molecule has 0 fully saturated rings. The van der Waals surface area contributed by atoms with E-state index in [0.717, 1.165) is 26.5 Å². The zero-order valence-corrected chi connectivity index (χ0v) is 16.8. The van der Waals surface area contributed by atoms with Gasteiger partial charge in [0.2, 0.25) is 5.91 Å². The first kappa shape index (κ1) is 19.4. The van der Waals surface area contributed by atoms with Gasteiger partial charge in [-0.3, -0.25) is 23.5 Å². The number of benzene rings is 3. The summed E-state index contributed by atoms with van der Waals surface area (Å²) in [6, 6.07) is 19.0. The van der Waals surface area contributed by atoms with Crippen molar-refractivity contribution in [3.05, 3.63) is 105 Å². The first-order valence-electron chi connectivity index (χ1n) is 9.61. The number of nitrogens with zero attached hydrogens (tertiary/aromatic N) is 2. The lowest BCUT2D eigenvalue weighted by Gasteiger charge is -2.12. The van der Waals surface area contributed by atoms with Crippen molar-refractivity contribution < 1.29 is 4.79 Å². The molecule has 150 valence electrons. The van der Waals surface area contributed by atoms with E-state index in [1.807, 2.05) is 68.4 Å². The smallest absolute Gasteiger partial charge is 0.321 e. The summed E-state index contributed by atoms with van der Waals surface area (Å²) in [5.41, 5.74) is 1.81. The summed E-state index contributed by atoms with van der Waals surface area (Å²) >= 11 is 0. The molecule has 0 aliphatic rings. The second kappa shape index (κ2) is 7.83. The highest BCUT2D eigenvalue weighted by Crippen LogP contribution is 2.20. The molecule has 30 heavy (non-hydrogen) atoms. The van der Waals surface area contributed by atoms with Crippen molar-refractivity contribution >= 4 is 22.4 Å². The number of fused-ring (bicyclic) bond motifs is 1. The number of rotatable bonds is 4. The molecule has 4 aromatic rings. The Balaban J connectivity index is 1.65. The topological polar surface area (TPSA) is 73.1 Å². The van der Waals surface area contributed by atoms with Crippen molar-refractivity contribution in [3.8, 4) is 5.69 Å². The van der Waals surface area contributed by atoms with Crippen LogP contribution < -0.4 is 16.4 Å². The number of hydrogen-bond donors (Lipinski definition) is 1. The molecule has 1 aromatic heterocycles. The summed E-state index contributed by atoms with van der Waals surface area (Å²) < 4.78 is 2.45. The quantitative estimate of drug-likeness (QED) is 0.535. The Hall–Kier alpha value is -3.93. The molecule has 6 nitrogen and oxygen atoms in total. The van der Waals surface area contributed by atoms with Crippen molar-refractivity contribution in [3.63, 3.8) is 0 Å². The Morgan fingerprint density at radius 1 is 0.900 bits per heavy atom. The third kappa shape index (κ3) is 3.67. The molecule has 4 rings (SSSR count). The molecule has 0 bridgehead atoms. The summed E-state index contributed by atoms with van der Waals surface area (Å²) in [6.45, 7) is 3.59. The summed E-state index contributed by atoms with van der Waals surface area (Å²) in [5.74, 6) is -0.367. The van der Waals surface area contributed by atoms with Gasteiger partial charge >= 0.3 is 11.1 Å². The van der Waals surface area contributed by atoms with Crippen molar-refractivity contribution in [2.24, 2.45) is 0 Å². The van der Waals surface area contributed by atoms with E-state index in [4.69, 9.17) is 0 Å². The zero-order chi connectivity index (χ0) is 21.3. The minimum absolute atomic E-state index is 0.238. The minimum atomic E-state index is -0.749. The number of anilines is 1. The first-order chi connectivity index (χ1) is 14.4. The van der Waals surface area contributed by atoms with Crippen LogP contribution in [0.15, 0.2) is 82.6 Å². The average molecular weight is 399 g/mol. The van der Waals surface area contributed by atoms with Crippen LogP contribution in [0.25, 0.3) is 16.5 Å². The molecule has 3 aromatic carbocycles. The van der Waals surface area contributed by atoms with Gasteiger partial charge in [0.05, 0.1) is 5.69 Å². The van der Waals surface area contributed by atoms with Crippen LogP contribution in [-0.4, -0.2) is 15.0 Å². The average Bonchev–Trinajstić information content (AvgIpc) is 2.74. The van der Waals surface area contributed by atoms with Gasteiger partial charge in [-0.1, -0.05) is 48.5 Å². The van der Waals surface area contributed by atoms with Gasteiger partial charge in [-0.15, -0.1) is 0 Å². The molecule has 0 spiro atoms. The molecule has 0 aliphatic carbocycles. The number of nitrogens with one attached hydrogen (secondary N) is 1. The molecule has 0 saturated carbocycles. The van der Waals surface area contributed by atoms with Crippen LogP contribution in [0.3, 0.4) is 0 Å². The largest absolute Gasteiger partial charge is 0.324 e. The Labute approximate surface area is 173 Å². The zero-order valence-electron chi connectivity index (χ0n) is 16.8. The van der Waals surface area contributed by atoms with E-state index in [2.05, 4.69) is 5.32 Å². The molecule has 1 amide bonds. The number of carbonyl (C=O) groups excluding carboxylic acids is 1. The SMILES string of the molecule is Cc1ccc(C)c(NC(=O)Cn2ccn(-c3cccc4ccccc34)c(=O)c2=O)c1. The van der Waals surface area contributed by atoms with Gasteiger partial charge in [0.15, 0.2) is 0 Å². The van der Waals surface area contributed by atoms with E-state index >= 15 is 0 Å². The number of aryl methyl sites for hydroxylation is 2. The molecule has 0 unspecified atom stereocenters. The third-order valence-corrected chi connectivity index (χ3v) is 5.07.